The molecule has 0 fully saturated rings. The summed E-state index contributed by atoms with van der Waals surface area (Å²) in [5.41, 5.74) is 2.89. The molecule has 0 aliphatic carbocycles. The molecule has 0 aliphatic heterocycles. The van der Waals surface area contributed by atoms with Crippen molar-refractivity contribution in [2.24, 2.45) is 5.10 Å². The highest BCUT2D eigenvalue weighted by Crippen LogP contribution is 2.10. The van der Waals surface area contributed by atoms with Crippen molar-refractivity contribution in [2.45, 2.75) is 18.2 Å². The van der Waals surface area contributed by atoms with E-state index in [1.54, 1.807) is 30.3 Å². The lowest BCUT2D eigenvalue weighted by molar-refractivity contribution is 0.584. The molecule has 2 aromatic rings. The van der Waals surface area contributed by atoms with Gasteiger partial charge < -0.3 is 0 Å². The van der Waals surface area contributed by atoms with Gasteiger partial charge in [-0.3, -0.25) is 0 Å². The van der Waals surface area contributed by atoms with E-state index in [0.29, 0.717) is 6.42 Å². The minimum atomic E-state index is -3.64. The largest absolute Gasteiger partial charge is 0.276 e. The molecule has 0 heterocycles. The van der Waals surface area contributed by atoms with Gasteiger partial charge in [0.25, 0.3) is 10.0 Å². The molecule has 0 spiro atoms. The number of hydrogen-bond donors (Lipinski definition) is 1. The molecule has 4 nitrogen and oxygen atoms in total. The van der Waals surface area contributed by atoms with Crippen molar-refractivity contribution in [1.82, 2.24) is 4.83 Å². The normalized spacial score (nSPS) is 11.5. The number of allylic oxidation sites excluding steroid dienone is 1. The lowest BCUT2D eigenvalue weighted by Gasteiger charge is -2.05. The number of sulfonamides is 1. The van der Waals surface area contributed by atoms with Crippen molar-refractivity contribution in [3.05, 3.63) is 77.9 Å². The molecular weight excluding hydrogens is 296 g/mol. The van der Waals surface area contributed by atoms with E-state index in [-0.39, 0.29) is 4.90 Å². The first-order valence-electron chi connectivity index (χ1n) is 6.83. The van der Waals surface area contributed by atoms with Crippen LogP contribution in [-0.4, -0.2) is 14.6 Å². The van der Waals surface area contributed by atoms with Crippen LogP contribution in [-0.2, 0) is 16.4 Å². The molecule has 0 aliphatic rings. The standard InChI is InChI=1S/C17H18N2O2S/c1-3-6-15-7-4-5-8-16(15)13-18-19-22(20,21)17-11-9-14(2)10-12-17/h3-5,7-13,19H,1,6H2,2H3/b18-13+. The Morgan fingerprint density at radius 1 is 1.14 bits per heavy atom. The Morgan fingerprint density at radius 2 is 1.82 bits per heavy atom. The first-order valence-corrected chi connectivity index (χ1v) is 8.31. The van der Waals surface area contributed by atoms with Gasteiger partial charge in [0.15, 0.2) is 0 Å². The highest BCUT2D eigenvalue weighted by atomic mass is 32.2. The Hall–Kier alpha value is -2.40. The molecule has 0 radical (unpaired) electrons. The minimum absolute atomic E-state index is 0.189. The minimum Gasteiger partial charge on any atom is -0.200 e. The molecule has 0 atom stereocenters. The zero-order chi connectivity index (χ0) is 16.0. The van der Waals surface area contributed by atoms with Gasteiger partial charge in [0.2, 0.25) is 0 Å². The highest BCUT2D eigenvalue weighted by molar-refractivity contribution is 7.89. The maximum atomic E-state index is 12.1. The summed E-state index contributed by atoms with van der Waals surface area (Å²) < 4.78 is 24.2. The SMILES string of the molecule is C=CCc1ccccc1/C=N/NS(=O)(=O)c1ccc(C)cc1. The van der Waals surface area contributed by atoms with Gasteiger partial charge >= 0.3 is 0 Å². The van der Waals surface area contributed by atoms with E-state index in [4.69, 9.17) is 0 Å². The van der Waals surface area contributed by atoms with Crippen molar-refractivity contribution in [3.63, 3.8) is 0 Å². The molecule has 0 amide bonds. The van der Waals surface area contributed by atoms with E-state index < -0.39 is 10.0 Å². The molecule has 22 heavy (non-hydrogen) atoms. The molecule has 0 saturated heterocycles. The fraction of sp³-hybridized carbons (Fsp3) is 0.118. The molecule has 0 aromatic heterocycles. The van der Waals surface area contributed by atoms with Gasteiger partial charge in [0.1, 0.15) is 0 Å². The monoisotopic (exact) mass is 314 g/mol. The van der Waals surface area contributed by atoms with Crippen LogP contribution in [0.1, 0.15) is 16.7 Å². The number of nitrogens with one attached hydrogen (secondary N) is 1. The Labute approximate surface area is 131 Å². The molecule has 2 aromatic carbocycles. The molecule has 2 rings (SSSR count). The van der Waals surface area contributed by atoms with Gasteiger partial charge in [0.05, 0.1) is 11.1 Å². The molecular formula is C17H18N2O2S. The van der Waals surface area contributed by atoms with E-state index in [1.165, 1.54) is 6.21 Å². The van der Waals surface area contributed by atoms with Crippen LogP contribution in [0.4, 0.5) is 0 Å². The summed E-state index contributed by atoms with van der Waals surface area (Å²) in [5, 5.41) is 3.86. The van der Waals surface area contributed by atoms with Crippen LogP contribution in [0.5, 0.6) is 0 Å². The lowest BCUT2D eigenvalue weighted by atomic mass is 10.1. The third-order valence-corrected chi connectivity index (χ3v) is 4.37. The predicted octanol–water partition coefficient (Wildman–Crippen LogP) is 3.04. The van der Waals surface area contributed by atoms with Crippen LogP contribution < -0.4 is 4.83 Å². The highest BCUT2D eigenvalue weighted by Gasteiger charge is 2.11. The second-order valence-corrected chi connectivity index (χ2v) is 6.52. The summed E-state index contributed by atoms with van der Waals surface area (Å²) in [7, 11) is -3.64. The summed E-state index contributed by atoms with van der Waals surface area (Å²) in [4.78, 5) is 2.42. The number of benzene rings is 2. The average molecular weight is 314 g/mol. The van der Waals surface area contributed by atoms with Crippen molar-refractivity contribution in [3.8, 4) is 0 Å². The maximum absolute atomic E-state index is 12.1. The molecule has 1 N–H and O–H groups in total. The number of rotatable bonds is 6. The number of nitrogens with zero attached hydrogens (tertiary/aromatic N) is 1. The Balaban J connectivity index is 2.15. The van der Waals surface area contributed by atoms with Gasteiger partial charge in [-0.05, 0) is 36.6 Å². The summed E-state index contributed by atoms with van der Waals surface area (Å²) in [6, 6.07) is 14.2. The zero-order valence-corrected chi connectivity index (χ0v) is 13.2. The Bertz CT molecular complexity index is 779. The third-order valence-electron chi connectivity index (χ3n) is 3.13. The van der Waals surface area contributed by atoms with E-state index >= 15 is 0 Å². The summed E-state index contributed by atoms with van der Waals surface area (Å²) >= 11 is 0. The van der Waals surface area contributed by atoms with Crippen LogP contribution in [0.2, 0.25) is 0 Å². The first-order chi connectivity index (χ1) is 10.5. The van der Waals surface area contributed by atoms with Crippen LogP contribution in [0.15, 0.2) is 71.2 Å². The van der Waals surface area contributed by atoms with E-state index in [2.05, 4.69) is 16.5 Å². The van der Waals surface area contributed by atoms with Crippen LogP contribution >= 0.6 is 0 Å². The number of hydrogen-bond acceptors (Lipinski definition) is 3. The Morgan fingerprint density at radius 3 is 2.50 bits per heavy atom. The second-order valence-electron chi connectivity index (χ2n) is 4.86. The van der Waals surface area contributed by atoms with Crippen LogP contribution in [0.3, 0.4) is 0 Å². The molecule has 0 unspecified atom stereocenters. The van der Waals surface area contributed by atoms with E-state index in [1.807, 2.05) is 31.2 Å². The molecule has 0 bridgehead atoms. The third kappa shape index (κ3) is 4.05. The fourth-order valence-electron chi connectivity index (χ4n) is 1.94. The molecule has 114 valence electrons. The van der Waals surface area contributed by atoms with Crippen molar-refractivity contribution in [1.29, 1.82) is 0 Å². The first kappa shape index (κ1) is 16.0. The van der Waals surface area contributed by atoms with E-state index in [0.717, 1.165) is 16.7 Å². The van der Waals surface area contributed by atoms with E-state index in [9.17, 15) is 8.42 Å². The van der Waals surface area contributed by atoms with Crippen LogP contribution in [0, 0.1) is 6.92 Å². The topological polar surface area (TPSA) is 58.5 Å². The van der Waals surface area contributed by atoms with Crippen molar-refractivity contribution >= 4 is 16.2 Å². The van der Waals surface area contributed by atoms with Gasteiger partial charge in [-0.1, -0.05) is 48.0 Å². The number of aryl methyl sites for hydroxylation is 1. The smallest absolute Gasteiger partial charge is 0.200 e. The maximum Gasteiger partial charge on any atom is 0.276 e. The van der Waals surface area contributed by atoms with Crippen molar-refractivity contribution in [2.75, 3.05) is 0 Å². The zero-order valence-electron chi connectivity index (χ0n) is 12.4. The van der Waals surface area contributed by atoms with Crippen LogP contribution in [0.25, 0.3) is 0 Å². The quantitative estimate of drug-likeness (QED) is 0.506. The van der Waals surface area contributed by atoms with Gasteiger partial charge in [0, 0.05) is 0 Å². The average Bonchev–Trinajstić information content (AvgIpc) is 2.49. The molecule has 5 heteroatoms. The summed E-state index contributed by atoms with van der Waals surface area (Å²) in [5.74, 6) is 0. The molecule has 0 saturated carbocycles. The van der Waals surface area contributed by atoms with Gasteiger partial charge in [-0.25, -0.2) is 4.83 Å². The lowest BCUT2D eigenvalue weighted by Crippen LogP contribution is -2.18. The summed E-state index contributed by atoms with van der Waals surface area (Å²) in [6.45, 7) is 5.61. The number of hydrazone groups is 1. The Kier molecular flexibility index (Phi) is 5.12. The van der Waals surface area contributed by atoms with Gasteiger partial charge in [-0.2, -0.15) is 13.5 Å². The second kappa shape index (κ2) is 7.04. The fourth-order valence-corrected chi connectivity index (χ4v) is 2.73. The van der Waals surface area contributed by atoms with Crippen molar-refractivity contribution < 1.29 is 8.42 Å². The van der Waals surface area contributed by atoms with Gasteiger partial charge in [-0.15, -0.1) is 6.58 Å². The predicted molar refractivity (Wildman–Crippen MR) is 89.4 cm³/mol. The summed E-state index contributed by atoms with van der Waals surface area (Å²) in [6.07, 6.45) is 4.00.